The minimum atomic E-state index is 0.0234. The molecule has 0 aromatic heterocycles. The van der Waals surface area contributed by atoms with Crippen LogP contribution in [0, 0.1) is 5.92 Å². The molecular formula is C11H18O2. The molecule has 0 aliphatic rings. The van der Waals surface area contributed by atoms with Gasteiger partial charge < -0.3 is 9.53 Å². The van der Waals surface area contributed by atoms with Gasteiger partial charge in [0.05, 0.1) is 6.61 Å². The molecule has 0 aliphatic heterocycles. The Hall–Kier alpha value is -0.890. The van der Waals surface area contributed by atoms with Crippen molar-refractivity contribution in [3.05, 3.63) is 23.8 Å². The standard InChI is InChI=1S/C11H18O2/c1-10(7-8-13-3)5-4-6-11(2)9-12/h4,6-7,9,11H,5,8H2,1-3H3. The Morgan fingerprint density at radius 3 is 2.77 bits per heavy atom. The number of hydrogen-bond acceptors (Lipinski definition) is 2. The van der Waals surface area contributed by atoms with Crippen LogP contribution in [-0.4, -0.2) is 20.0 Å². The Morgan fingerprint density at radius 2 is 2.23 bits per heavy atom. The maximum absolute atomic E-state index is 10.3. The summed E-state index contributed by atoms with van der Waals surface area (Å²) in [5.74, 6) is 0.0234. The fourth-order valence-electron chi connectivity index (χ4n) is 0.823. The predicted octanol–water partition coefficient (Wildman–Crippen LogP) is 2.36. The molecule has 1 atom stereocenters. The SMILES string of the molecule is COCC=C(C)CC=CC(C)C=O. The molecule has 0 bridgehead atoms. The zero-order valence-corrected chi connectivity index (χ0v) is 8.62. The molecule has 0 saturated carbocycles. The Labute approximate surface area is 80.3 Å². The first kappa shape index (κ1) is 12.1. The largest absolute Gasteiger partial charge is 0.381 e. The molecule has 0 saturated heterocycles. The van der Waals surface area contributed by atoms with E-state index in [0.717, 1.165) is 12.7 Å². The number of rotatable bonds is 6. The highest BCUT2D eigenvalue weighted by Gasteiger charge is 1.90. The van der Waals surface area contributed by atoms with E-state index in [1.54, 1.807) is 7.11 Å². The lowest BCUT2D eigenvalue weighted by Crippen LogP contribution is -1.89. The predicted molar refractivity (Wildman–Crippen MR) is 54.6 cm³/mol. The summed E-state index contributed by atoms with van der Waals surface area (Å²) >= 11 is 0. The number of allylic oxidation sites excluding steroid dienone is 3. The number of ether oxygens (including phenoxy) is 1. The van der Waals surface area contributed by atoms with Crippen molar-refractivity contribution in [2.75, 3.05) is 13.7 Å². The van der Waals surface area contributed by atoms with E-state index < -0.39 is 0 Å². The highest BCUT2D eigenvalue weighted by atomic mass is 16.5. The fourth-order valence-corrected chi connectivity index (χ4v) is 0.823. The third-order valence-corrected chi connectivity index (χ3v) is 1.69. The van der Waals surface area contributed by atoms with Crippen LogP contribution in [0.5, 0.6) is 0 Å². The van der Waals surface area contributed by atoms with Crippen molar-refractivity contribution in [1.29, 1.82) is 0 Å². The van der Waals surface area contributed by atoms with Crippen LogP contribution in [0.2, 0.25) is 0 Å². The van der Waals surface area contributed by atoms with Crippen molar-refractivity contribution in [3.63, 3.8) is 0 Å². The van der Waals surface area contributed by atoms with Crippen LogP contribution >= 0.6 is 0 Å². The zero-order chi connectivity index (χ0) is 10.1. The van der Waals surface area contributed by atoms with Crippen molar-refractivity contribution in [1.82, 2.24) is 0 Å². The van der Waals surface area contributed by atoms with Crippen LogP contribution in [0.25, 0.3) is 0 Å². The van der Waals surface area contributed by atoms with Gasteiger partial charge >= 0.3 is 0 Å². The van der Waals surface area contributed by atoms with Crippen LogP contribution < -0.4 is 0 Å². The van der Waals surface area contributed by atoms with Crippen molar-refractivity contribution < 1.29 is 9.53 Å². The maximum atomic E-state index is 10.3. The van der Waals surface area contributed by atoms with Crippen molar-refractivity contribution >= 4 is 6.29 Å². The van der Waals surface area contributed by atoms with Gasteiger partial charge in [0.2, 0.25) is 0 Å². The van der Waals surface area contributed by atoms with Crippen LogP contribution in [0.3, 0.4) is 0 Å². The molecule has 1 unspecified atom stereocenters. The molecule has 13 heavy (non-hydrogen) atoms. The molecule has 0 amide bonds. The Bertz CT molecular complexity index is 192. The van der Waals surface area contributed by atoms with Crippen LogP contribution in [-0.2, 0) is 9.53 Å². The minimum absolute atomic E-state index is 0.0234. The lowest BCUT2D eigenvalue weighted by atomic mass is 10.1. The zero-order valence-electron chi connectivity index (χ0n) is 8.62. The van der Waals surface area contributed by atoms with Gasteiger partial charge in [-0.05, 0) is 13.3 Å². The van der Waals surface area contributed by atoms with Gasteiger partial charge in [-0.2, -0.15) is 0 Å². The molecule has 0 rings (SSSR count). The van der Waals surface area contributed by atoms with Gasteiger partial charge in [0, 0.05) is 13.0 Å². The van der Waals surface area contributed by atoms with E-state index in [1.165, 1.54) is 5.57 Å². The molecule has 0 aliphatic carbocycles. The van der Waals surface area contributed by atoms with E-state index in [1.807, 2.05) is 25.2 Å². The Morgan fingerprint density at radius 1 is 1.54 bits per heavy atom. The first-order valence-corrected chi connectivity index (χ1v) is 4.47. The normalized spacial score (nSPS) is 14.8. The number of aldehydes is 1. The number of carbonyl (C=O) groups is 1. The summed E-state index contributed by atoms with van der Waals surface area (Å²) in [6, 6.07) is 0. The number of carbonyl (C=O) groups excluding carboxylic acids is 1. The first-order chi connectivity index (χ1) is 6.20. The molecule has 0 spiro atoms. The summed E-state index contributed by atoms with van der Waals surface area (Å²) < 4.78 is 4.90. The second-order valence-electron chi connectivity index (χ2n) is 3.13. The highest BCUT2D eigenvalue weighted by Crippen LogP contribution is 2.02. The molecule has 0 aromatic rings. The van der Waals surface area contributed by atoms with E-state index in [9.17, 15) is 4.79 Å². The van der Waals surface area contributed by atoms with E-state index in [2.05, 4.69) is 6.92 Å². The molecule has 74 valence electrons. The molecule has 0 aromatic carbocycles. The van der Waals surface area contributed by atoms with E-state index in [4.69, 9.17) is 4.74 Å². The van der Waals surface area contributed by atoms with Gasteiger partial charge in [0.1, 0.15) is 6.29 Å². The van der Waals surface area contributed by atoms with E-state index in [0.29, 0.717) is 6.61 Å². The second kappa shape index (κ2) is 7.74. The van der Waals surface area contributed by atoms with Crippen LogP contribution in [0.4, 0.5) is 0 Å². The molecule has 0 radical (unpaired) electrons. The van der Waals surface area contributed by atoms with Gasteiger partial charge in [-0.1, -0.05) is 30.7 Å². The molecule has 0 fully saturated rings. The van der Waals surface area contributed by atoms with E-state index >= 15 is 0 Å². The van der Waals surface area contributed by atoms with Gasteiger partial charge in [-0.3, -0.25) is 0 Å². The second-order valence-corrected chi connectivity index (χ2v) is 3.13. The molecule has 0 N–H and O–H groups in total. The number of hydrogen-bond donors (Lipinski definition) is 0. The summed E-state index contributed by atoms with van der Waals surface area (Å²) in [6.07, 6.45) is 7.79. The van der Waals surface area contributed by atoms with Gasteiger partial charge in [-0.15, -0.1) is 0 Å². The lowest BCUT2D eigenvalue weighted by Gasteiger charge is -1.96. The highest BCUT2D eigenvalue weighted by molar-refractivity contribution is 5.55. The van der Waals surface area contributed by atoms with Crippen molar-refractivity contribution in [2.45, 2.75) is 20.3 Å². The lowest BCUT2D eigenvalue weighted by molar-refractivity contribution is -0.109. The van der Waals surface area contributed by atoms with Crippen molar-refractivity contribution in [3.8, 4) is 0 Å². The molecule has 0 heterocycles. The van der Waals surface area contributed by atoms with Crippen LogP contribution in [0.15, 0.2) is 23.8 Å². The van der Waals surface area contributed by atoms with E-state index in [-0.39, 0.29) is 5.92 Å². The molecular weight excluding hydrogens is 164 g/mol. The maximum Gasteiger partial charge on any atom is 0.126 e. The quantitative estimate of drug-likeness (QED) is 0.465. The van der Waals surface area contributed by atoms with Crippen molar-refractivity contribution in [2.24, 2.45) is 5.92 Å². The average Bonchev–Trinajstić information content (AvgIpc) is 2.14. The summed E-state index contributed by atoms with van der Waals surface area (Å²) in [7, 11) is 1.67. The third-order valence-electron chi connectivity index (χ3n) is 1.69. The van der Waals surface area contributed by atoms with Crippen LogP contribution in [0.1, 0.15) is 20.3 Å². The smallest absolute Gasteiger partial charge is 0.126 e. The third kappa shape index (κ3) is 7.47. The number of methoxy groups -OCH3 is 1. The summed E-state index contributed by atoms with van der Waals surface area (Å²) in [4.78, 5) is 10.3. The fraction of sp³-hybridized carbons (Fsp3) is 0.545. The summed E-state index contributed by atoms with van der Waals surface area (Å²) in [6.45, 7) is 4.58. The Kier molecular flexibility index (Phi) is 7.21. The van der Waals surface area contributed by atoms with Gasteiger partial charge in [0.15, 0.2) is 0 Å². The molecule has 2 nitrogen and oxygen atoms in total. The Balaban J connectivity index is 3.74. The topological polar surface area (TPSA) is 26.3 Å². The first-order valence-electron chi connectivity index (χ1n) is 4.47. The van der Waals surface area contributed by atoms with Gasteiger partial charge in [-0.25, -0.2) is 0 Å². The van der Waals surface area contributed by atoms with Gasteiger partial charge in [0.25, 0.3) is 0 Å². The minimum Gasteiger partial charge on any atom is -0.381 e. The average molecular weight is 182 g/mol. The summed E-state index contributed by atoms with van der Waals surface area (Å²) in [5, 5.41) is 0. The monoisotopic (exact) mass is 182 g/mol. The summed E-state index contributed by atoms with van der Waals surface area (Å²) in [5.41, 5.74) is 1.26. The molecule has 2 heteroatoms.